The smallest absolute Gasteiger partial charge is 0.262 e. The van der Waals surface area contributed by atoms with Crippen molar-refractivity contribution in [2.24, 2.45) is 5.92 Å². The van der Waals surface area contributed by atoms with E-state index in [1.165, 1.54) is 12.3 Å². The van der Waals surface area contributed by atoms with Crippen LogP contribution in [0.4, 0.5) is 21.7 Å². The first kappa shape index (κ1) is 33.2. The van der Waals surface area contributed by atoms with Gasteiger partial charge in [0, 0.05) is 56.4 Å². The van der Waals surface area contributed by atoms with E-state index in [1.54, 1.807) is 18.2 Å². The fraction of sp³-hybridized carbons (Fsp3) is 0.378. The Morgan fingerprint density at radius 1 is 0.938 bits per heavy atom. The van der Waals surface area contributed by atoms with Crippen LogP contribution in [0.15, 0.2) is 66.9 Å². The molecule has 1 aromatic heterocycles. The second kappa shape index (κ2) is 15.4. The summed E-state index contributed by atoms with van der Waals surface area (Å²) >= 11 is 0. The van der Waals surface area contributed by atoms with E-state index in [0.29, 0.717) is 42.0 Å². The molecule has 0 unspecified atom stereocenters. The molecule has 4 aromatic rings. The van der Waals surface area contributed by atoms with Gasteiger partial charge in [0.1, 0.15) is 5.56 Å². The Morgan fingerprint density at radius 2 is 1.69 bits per heavy atom. The van der Waals surface area contributed by atoms with E-state index in [2.05, 4.69) is 37.4 Å². The molecule has 6 rings (SSSR count). The molecule has 252 valence electrons. The van der Waals surface area contributed by atoms with E-state index in [9.17, 15) is 4.79 Å². The van der Waals surface area contributed by atoms with E-state index in [4.69, 9.17) is 14.2 Å². The van der Waals surface area contributed by atoms with Crippen LogP contribution in [0.5, 0.6) is 23.1 Å². The van der Waals surface area contributed by atoms with Crippen molar-refractivity contribution in [3.63, 3.8) is 0 Å². The monoisotopic (exact) mass is 654 g/mol. The van der Waals surface area contributed by atoms with Gasteiger partial charge < -0.3 is 34.6 Å². The van der Waals surface area contributed by atoms with Crippen molar-refractivity contribution in [2.75, 3.05) is 63.6 Å². The van der Waals surface area contributed by atoms with Gasteiger partial charge in [-0.1, -0.05) is 30.3 Å². The number of halogens is 1. The highest BCUT2D eigenvalue weighted by molar-refractivity contribution is 6.06. The number of carbonyl (C=O) groups is 1. The lowest BCUT2D eigenvalue weighted by Gasteiger charge is -2.32. The van der Waals surface area contributed by atoms with Gasteiger partial charge in [-0.2, -0.15) is 4.98 Å². The molecule has 0 bridgehead atoms. The molecular weight excluding hydrogens is 611 g/mol. The quantitative estimate of drug-likeness (QED) is 0.142. The van der Waals surface area contributed by atoms with E-state index in [1.807, 2.05) is 50.2 Å². The first-order valence-electron chi connectivity index (χ1n) is 16.6. The minimum absolute atomic E-state index is 0.0273. The normalized spacial score (nSPS) is 15.2. The van der Waals surface area contributed by atoms with E-state index >= 15 is 4.39 Å². The number of aryl methyl sites for hydroxylation is 2. The number of nitrogens with zero attached hydrogens (tertiary/aromatic N) is 4. The van der Waals surface area contributed by atoms with Gasteiger partial charge >= 0.3 is 0 Å². The number of hydrogen-bond donors (Lipinski definition) is 2. The van der Waals surface area contributed by atoms with Crippen molar-refractivity contribution in [1.29, 1.82) is 0 Å². The number of likely N-dealkylation sites (N-methyl/N-ethyl adjacent to an activating group) is 1. The average Bonchev–Trinajstić information content (AvgIpc) is 3.91. The second-order valence-corrected chi connectivity index (χ2v) is 12.6. The third-order valence-corrected chi connectivity index (χ3v) is 8.61. The average molecular weight is 655 g/mol. The van der Waals surface area contributed by atoms with Crippen LogP contribution < -0.4 is 24.8 Å². The number of benzene rings is 3. The lowest BCUT2D eigenvalue weighted by atomic mass is 10.1. The van der Waals surface area contributed by atoms with Crippen molar-refractivity contribution in [2.45, 2.75) is 33.1 Å². The summed E-state index contributed by atoms with van der Waals surface area (Å²) in [4.78, 5) is 27.3. The number of rotatable bonds is 14. The van der Waals surface area contributed by atoms with Gasteiger partial charge in [0.05, 0.1) is 13.2 Å². The number of carbonyl (C=O) groups excluding carboxylic acids is 1. The molecule has 2 aliphatic rings. The van der Waals surface area contributed by atoms with Crippen LogP contribution in [0.3, 0.4) is 0 Å². The predicted molar refractivity (Wildman–Crippen MR) is 184 cm³/mol. The summed E-state index contributed by atoms with van der Waals surface area (Å²) in [5, 5.41) is 6.03. The zero-order chi connectivity index (χ0) is 33.5. The maximum atomic E-state index is 15.1. The number of hydrogen-bond acceptors (Lipinski definition) is 9. The Morgan fingerprint density at radius 3 is 2.42 bits per heavy atom. The molecule has 2 N–H and O–H groups in total. The molecule has 48 heavy (non-hydrogen) atoms. The summed E-state index contributed by atoms with van der Waals surface area (Å²) in [7, 11) is 2.13. The van der Waals surface area contributed by atoms with Gasteiger partial charge in [0.2, 0.25) is 11.8 Å². The van der Waals surface area contributed by atoms with Crippen LogP contribution in [0.2, 0.25) is 0 Å². The van der Waals surface area contributed by atoms with Crippen molar-refractivity contribution in [3.05, 3.63) is 89.4 Å². The van der Waals surface area contributed by atoms with Gasteiger partial charge in [-0.15, -0.1) is 0 Å². The summed E-state index contributed by atoms with van der Waals surface area (Å²) in [5.41, 5.74) is 3.11. The van der Waals surface area contributed by atoms with Crippen molar-refractivity contribution < 1.29 is 23.4 Å². The first-order chi connectivity index (χ1) is 23.3. The Hall–Kier alpha value is -4.74. The fourth-order valence-electron chi connectivity index (χ4n) is 5.47. The lowest BCUT2D eigenvalue weighted by molar-refractivity contribution is 0.102. The number of aromatic nitrogens is 2. The lowest BCUT2D eigenvalue weighted by Crippen LogP contribution is -2.44. The number of ether oxygens (including phenoxy) is 3. The van der Waals surface area contributed by atoms with Crippen LogP contribution >= 0.6 is 0 Å². The molecule has 0 spiro atoms. The summed E-state index contributed by atoms with van der Waals surface area (Å²) in [5.74, 6) is 0.942. The minimum atomic E-state index is -0.498. The van der Waals surface area contributed by atoms with Crippen LogP contribution in [0.1, 0.15) is 40.7 Å². The molecule has 2 heterocycles. The SMILES string of the molecule is Cc1cccc(C)c1NC(=O)c1cnc(Nc2ccc(OCCCN3CCN(C)CC3)c(F)c2)nc1Oc1ccccc1OCC1CC1. The number of piperazine rings is 1. The highest BCUT2D eigenvalue weighted by atomic mass is 19.1. The number of anilines is 3. The summed E-state index contributed by atoms with van der Waals surface area (Å²) < 4.78 is 33.1. The van der Waals surface area contributed by atoms with Crippen LogP contribution in [0.25, 0.3) is 0 Å². The summed E-state index contributed by atoms with van der Waals surface area (Å²) in [6.07, 6.45) is 4.52. The molecule has 1 aliphatic carbocycles. The molecule has 2 fully saturated rings. The molecule has 1 saturated heterocycles. The molecule has 0 radical (unpaired) electrons. The van der Waals surface area contributed by atoms with Gasteiger partial charge in [0.25, 0.3) is 5.91 Å². The molecule has 1 amide bonds. The first-order valence-corrected chi connectivity index (χ1v) is 16.6. The Labute approximate surface area is 281 Å². The summed E-state index contributed by atoms with van der Waals surface area (Å²) in [6, 6.07) is 17.7. The maximum absolute atomic E-state index is 15.1. The predicted octanol–water partition coefficient (Wildman–Crippen LogP) is 6.83. The van der Waals surface area contributed by atoms with Crippen LogP contribution in [0, 0.1) is 25.6 Å². The van der Waals surface area contributed by atoms with Gasteiger partial charge in [0.15, 0.2) is 23.1 Å². The summed E-state index contributed by atoms with van der Waals surface area (Å²) in [6.45, 7) is 10.0. The van der Waals surface area contributed by atoms with E-state index in [0.717, 1.165) is 63.1 Å². The third kappa shape index (κ3) is 8.78. The van der Waals surface area contributed by atoms with Crippen molar-refractivity contribution in [1.82, 2.24) is 19.8 Å². The van der Waals surface area contributed by atoms with Crippen LogP contribution in [-0.4, -0.2) is 78.7 Å². The maximum Gasteiger partial charge on any atom is 0.262 e. The highest BCUT2D eigenvalue weighted by Crippen LogP contribution is 2.36. The Balaban J connectivity index is 1.17. The molecular formula is C37H43FN6O4. The molecule has 1 aliphatic heterocycles. The topological polar surface area (TPSA) is 101 Å². The zero-order valence-corrected chi connectivity index (χ0v) is 27.8. The largest absolute Gasteiger partial charge is 0.490 e. The number of nitrogens with one attached hydrogen (secondary N) is 2. The second-order valence-electron chi connectivity index (χ2n) is 12.6. The molecule has 3 aromatic carbocycles. The zero-order valence-electron chi connectivity index (χ0n) is 27.8. The molecule has 1 saturated carbocycles. The van der Waals surface area contributed by atoms with E-state index < -0.39 is 11.7 Å². The van der Waals surface area contributed by atoms with Crippen molar-refractivity contribution >= 4 is 23.2 Å². The van der Waals surface area contributed by atoms with Gasteiger partial charge in [-0.3, -0.25) is 4.79 Å². The Kier molecular flexibility index (Phi) is 10.7. The number of amides is 1. The molecule has 11 heteroatoms. The molecule has 0 atom stereocenters. The third-order valence-electron chi connectivity index (χ3n) is 8.61. The minimum Gasteiger partial charge on any atom is -0.490 e. The fourth-order valence-corrected chi connectivity index (χ4v) is 5.47. The molecule has 10 nitrogen and oxygen atoms in total. The highest BCUT2D eigenvalue weighted by Gasteiger charge is 2.24. The number of para-hydroxylation sites is 3. The Bertz CT molecular complexity index is 1700. The van der Waals surface area contributed by atoms with Crippen molar-refractivity contribution in [3.8, 4) is 23.1 Å². The van der Waals surface area contributed by atoms with Crippen LogP contribution in [-0.2, 0) is 0 Å². The van der Waals surface area contributed by atoms with E-state index in [-0.39, 0.29) is 23.1 Å². The van der Waals surface area contributed by atoms with Gasteiger partial charge in [-0.05, 0) is 81.5 Å². The standard InChI is InChI=1S/C37H43FN6O4/c1-25-8-6-9-26(2)34(25)41-35(45)29-23-39-37(42-36(29)48-33-11-5-4-10-32(33)47-24-27-12-13-27)40-28-14-15-31(30(38)22-28)46-21-7-16-44-19-17-43(3)18-20-44/h4-6,8-11,14-15,22-23,27H,7,12-13,16-21,24H2,1-3H3,(H,41,45)(H,39,40,42). The van der Waals surface area contributed by atoms with Gasteiger partial charge in [-0.25, -0.2) is 9.37 Å².